The fourth-order valence-electron chi connectivity index (χ4n) is 1.81. The first kappa shape index (κ1) is 12.4. The zero-order chi connectivity index (χ0) is 13.6. The summed E-state index contributed by atoms with van der Waals surface area (Å²) in [4.78, 5) is 15.6. The maximum Gasteiger partial charge on any atom is 0.347 e. The highest BCUT2D eigenvalue weighted by Gasteiger charge is 2.21. The van der Waals surface area contributed by atoms with Crippen molar-refractivity contribution in [3.63, 3.8) is 0 Å². The number of hydrogen-bond acceptors (Lipinski definition) is 5. The van der Waals surface area contributed by atoms with E-state index in [-0.39, 0.29) is 11.7 Å². The van der Waals surface area contributed by atoms with E-state index < -0.39 is 5.97 Å². The summed E-state index contributed by atoms with van der Waals surface area (Å²) in [7, 11) is 0. The lowest BCUT2D eigenvalue weighted by molar-refractivity contribution is 0.0701. The number of carbonyl (C=O) groups is 1. The van der Waals surface area contributed by atoms with Crippen LogP contribution in [-0.2, 0) is 0 Å². The molecule has 0 amide bonds. The molecular formula is C12H8BrNO4S. The Morgan fingerprint density at radius 3 is 2.95 bits per heavy atom. The van der Waals surface area contributed by atoms with E-state index in [1.165, 1.54) is 0 Å². The van der Waals surface area contributed by atoms with Crippen LogP contribution in [0.1, 0.15) is 15.4 Å². The van der Waals surface area contributed by atoms with Crippen molar-refractivity contribution in [2.75, 3.05) is 6.79 Å². The van der Waals surface area contributed by atoms with Gasteiger partial charge in [-0.1, -0.05) is 0 Å². The van der Waals surface area contributed by atoms with Crippen LogP contribution in [0.5, 0.6) is 11.5 Å². The average Bonchev–Trinajstić information content (AvgIpc) is 2.94. The van der Waals surface area contributed by atoms with Crippen LogP contribution in [0.3, 0.4) is 0 Å². The van der Waals surface area contributed by atoms with E-state index in [0.29, 0.717) is 22.2 Å². The van der Waals surface area contributed by atoms with Gasteiger partial charge in [0.25, 0.3) is 0 Å². The minimum atomic E-state index is -0.957. The Morgan fingerprint density at radius 2 is 2.26 bits per heavy atom. The second-order valence-electron chi connectivity index (χ2n) is 3.93. The fraction of sp³-hybridized carbons (Fsp3) is 0.167. The van der Waals surface area contributed by atoms with E-state index in [9.17, 15) is 4.79 Å². The van der Waals surface area contributed by atoms with Gasteiger partial charge in [-0.05, 0) is 35.0 Å². The van der Waals surface area contributed by atoms with Crippen molar-refractivity contribution in [2.24, 2.45) is 0 Å². The number of halogens is 1. The second kappa shape index (κ2) is 4.50. The molecule has 0 aliphatic carbocycles. The van der Waals surface area contributed by atoms with Crippen LogP contribution in [0, 0.1) is 6.92 Å². The number of aryl methyl sites for hydroxylation is 1. The van der Waals surface area contributed by atoms with Gasteiger partial charge in [0.2, 0.25) is 6.79 Å². The van der Waals surface area contributed by atoms with Crippen molar-refractivity contribution in [1.82, 2.24) is 4.98 Å². The zero-order valence-corrected chi connectivity index (χ0v) is 12.2. The topological polar surface area (TPSA) is 68.7 Å². The quantitative estimate of drug-likeness (QED) is 0.907. The molecule has 1 aliphatic heterocycles. The number of nitrogens with zero attached hydrogens (tertiary/aromatic N) is 1. The number of carboxylic acid groups (broad SMARTS) is 1. The number of carboxylic acids is 1. The van der Waals surface area contributed by atoms with Gasteiger partial charge in [0.05, 0.1) is 10.2 Å². The smallest absolute Gasteiger partial charge is 0.347 e. The highest BCUT2D eigenvalue weighted by molar-refractivity contribution is 9.10. The predicted octanol–water partition coefficient (Wildman–Crippen LogP) is 3.31. The van der Waals surface area contributed by atoms with E-state index >= 15 is 0 Å². The van der Waals surface area contributed by atoms with Crippen LogP contribution in [-0.4, -0.2) is 22.9 Å². The zero-order valence-electron chi connectivity index (χ0n) is 9.77. The molecule has 2 heterocycles. The van der Waals surface area contributed by atoms with Crippen molar-refractivity contribution in [1.29, 1.82) is 0 Å². The number of aromatic nitrogens is 1. The maximum atomic E-state index is 11.0. The summed E-state index contributed by atoms with van der Waals surface area (Å²) >= 11 is 4.55. The van der Waals surface area contributed by atoms with Crippen molar-refractivity contribution in [3.05, 3.63) is 27.2 Å². The van der Waals surface area contributed by atoms with Gasteiger partial charge in [-0.2, -0.15) is 0 Å². The standard InChI is InChI=1S/C12H8BrNO4S/c1-5-10(12(15)16)19-11(14-5)6-2-7(13)9-8(3-6)17-4-18-9/h2-3H,4H2,1H3,(H,15,16). The van der Waals surface area contributed by atoms with Crippen LogP contribution in [0.2, 0.25) is 0 Å². The minimum absolute atomic E-state index is 0.189. The molecule has 0 radical (unpaired) electrons. The van der Waals surface area contributed by atoms with Gasteiger partial charge in [0, 0.05) is 5.56 Å². The van der Waals surface area contributed by atoms with Crippen LogP contribution >= 0.6 is 27.3 Å². The molecule has 1 N–H and O–H groups in total. The van der Waals surface area contributed by atoms with Crippen LogP contribution < -0.4 is 9.47 Å². The monoisotopic (exact) mass is 341 g/mol. The molecule has 2 aromatic rings. The third kappa shape index (κ3) is 2.08. The molecule has 0 saturated carbocycles. The lowest BCUT2D eigenvalue weighted by atomic mass is 10.2. The number of hydrogen-bond donors (Lipinski definition) is 1. The van der Waals surface area contributed by atoms with Crippen molar-refractivity contribution in [3.8, 4) is 22.1 Å². The Kier molecular flexibility index (Phi) is 2.94. The van der Waals surface area contributed by atoms with Gasteiger partial charge in [-0.3, -0.25) is 0 Å². The predicted molar refractivity (Wildman–Crippen MR) is 73.1 cm³/mol. The Morgan fingerprint density at radius 1 is 1.47 bits per heavy atom. The molecule has 5 nitrogen and oxygen atoms in total. The maximum absolute atomic E-state index is 11.0. The number of fused-ring (bicyclic) bond motifs is 1. The van der Waals surface area contributed by atoms with Crippen molar-refractivity contribution in [2.45, 2.75) is 6.92 Å². The normalized spacial score (nSPS) is 12.7. The lowest BCUT2D eigenvalue weighted by Gasteiger charge is -2.02. The first-order valence-corrected chi connectivity index (χ1v) is 6.97. The Labute approximate surface area is 120 Å². The Hall–Kier alpha value is -1.60. The average molecular weight is 342 g/mol. The van der Waals surface area contributed by atoms with Crippen LogP contribution in [0.25, 0.3) is 10.6 Å². The SMILES string of the molecule is Cc1nc(-c2cc(Br)c3c(c2)OCO3)sc1C(=O)O. The number of ether oxygens (including phenoxy) is 2. The summed E-state index contributed by atoms with van der Waals surface area (Å²) in [6, 6.07) is 3.65. The molecule has 0 saturated heterocycles. The largest absolute Gasteiger partial charge is 0.477 e. The van der Waals surface area contributed by atoms with Crippen molar-refractivity contribution >= 4 is 33.2 Å². The molecule has 1 aliphatic rings. The number of rotatable bonds is 2. The molecule has 3 rings (SSSR count). The Balaban J connectivity index is 2.10. The van der Waals surface area contributed by atoms with Gasteiger partial charge < -0.3 is 14.6 Å². The van der Waals surface area contributed by atoms with E-state index in [1.54, 1.807) is 13.0 Å². The summed E-state index contributed by atoms with van der Waals surface area (Å²) in [6.07, 6.45) is 0. The van der Waals surface area contributed by atoms with E-state index in [0.717, 1.165) is 21.4 Å². The van der Waals surface area contributed by atoms with E-state index in [2.05, 4.69) is 20.9 Å². The van der Waals surface area contributed by atoms with Gasteiger partial charge in [-0.15, -0.1) is 11.3 Å². The highest BCUT2D eigenvalue weighted by Crippen LogP contribution is 2.43. The van der Waals surface area contributed by atoms with E-state index in [4.69, 9.17) is 14.6 Å². The first-order chi connectivity index (χ1) is 9.06. The minimum Gasteiger partial charge on any atom is -0.477 e. The molecule has 19 heavy (non-hydrogen) atoms. The summed E-state index contributed by atoms with van der Waals surface area (Å²) in [5.41, 5.74) is 1.32. The molecule has 1 aromatic carbocycles. The van der Waals surface area contributed by atoms with Gasteiger partial charge in [0.1, 0.15) is 9.88 Å². The van der Waals surface area contributed by atoms with Gasteiger partial charge >= 0.3 is 5.97 Å². The molecule has 1 aromatic heterocycles. The first-order valence-electron chi connectivity index (χ1n) is 5.36. The summed E-state index contributed by atoms with van der Waals surface area (Å²) in [5, 5.41) is 9.70. The summed E-state index contributed by atoms with van der Waals surface area (Å²) in [5.74, 6) is 0.339. The molecule has 7 heteroatoms. The number of thiazole rings is 1. The van der Waals surface area contributed by atoms with E-state index in [1.807, 2.05) is 6.07 Å². The third-order valence-corrected chi connectivity index (χ3v) is 4.45. The number of benzene rings is 1. The Bertz CT molecular complexity index is 683. The van der Waals surface area contributed by atoms with Crippen molar-refractivity contribution < 1.29 is 19.4 Å². The molecule has 0 unspecified atom stereocenters. The van der Waals surface area contributed by atoms with Crippen LogP contribution in [0.4, 0.5) is 0 Å². The van der Waals surface area contributed by atoms with Crippen LogP contribution in [0.15, 0.2) is 16.6 Å². The third-order valence-electron chi connectivity index (χ3n) is 2.67. The molecule has 98 valence electrons. The molecule has 0 fully saturated rings. The summed E-state index contributed by atoms with van der Waals surface area (Å²) in [6.45, 7) is 1.88. The van der Waals surface area contributed by atoms with Gasteiger partial charge in [0.15, 0.2) is 11.5 Å². The number of aromatic carboxylic acids is 1. The highest BCUT2D eigenvalue weighted by atomic mass is 79.9. The molecule has 0 atom stereocenters. The molecule has 0 bridgehead atoms. The lowest BCUT2D eigenvalue weighted by Crippen LogP contribution is -1.94. The second-order valence-corrected chi connectivity index (χ2v) is 5.78. The molecular weight excluding hydrogens is 334 g/mol. The fourth-order valence-corrected chi connectivity index (χ4v) is 3.26. The molecule has 0 spiro atoms. The summed E-state index contributed by atoms with van der Waals surface area (Å²) < 4.78 is 11.4. The van der Waals surface area contributed by atoms with Gasteiger partial charge in [-0.25, -0.2) is 9.78 Å².